The zero-order valence-electron chi connectivity index (χ0n) is 12.9. The lowest BCUT2D eigenvalue weighted by Gasteiger charge is -2.02. The summed E-state index contributed by atoms with van der Waals surface area (Å²) < 4.78 is 9.55. The summed E-state index contributed by atoms with van der Waals surface area (Å²) in [6.45, 7) is 0. The quantitative estimate of drug-likeness (QED) is 0.667. The summed E-state index contributed by atoms with van der Waals surface area (Å²) in [5, 5.41) is 35.3. The molecule has 0 saturated heterocycles. The van der Waals surface area contributed by atoms with Gasteiger partial charge in [-0.2, -0.15) is 0 Å². The van der Waals surface area contributed by atoms with E-state index >= 15 is 0 Å². The monoisotopic (exact) mass is 336 g/mol. The van der Waals surface area contributed by atoms with Gasteiger partial charge in [0.2, 0.25) is 0 Å². The van der Waals surface area contributed by atoms with Crippen molar-refractivity contribution in [3.05, 3.63) is 47.5 Å². The highest BCUT2D eigenvalue weighted by Gasteiger charge is 2.09. The second-order valence-corrected chi connectivity index (χ2v) is 4.38. The SMILES string of the molecule is COc1ccc(C(=O)O)c(O)c1.COc1ccc(C(=O)O)c(O)c1. The van der Waals surface area contributed by atoms with Gasteiger partial charge >= 0.3 is 11.9 Å². The number of hydrogen-bond acceptors (Lipinski definition) is 6. The van der Waals surface area contributed by atoms with Gasteiger partial charge in [0, 0.05) is 12.1 Å². The third-order valence-corrected chi connectivity index (χ3v) is 2.87. The smallest absolute Gasteiger partial charge is 0.339 e. The van der Waals surface area contributed by atoms with E-state index in [9.17, 15) is 9.59 Å². The fourth-order valence-corrected chi connectivity index (χ4v) is 1.64. The molecule has 0 fully saturated rings. The van der Waals surface area contributed by atoms with Crippen molar-refractivity contribution in [2.75, 3.05) is 14.2 Å². The molecule has 2 rings (SSSR count). The molecule has 0 radical (unpaired) electrons. The third kappa shape index (κ3) is 4.80. The summed E-state index contributed by atoms with van der Waals surface area (Å²) in [5.74, 6) is -2.04. The Morgan fingerprint density at radius 1 is 0.750 bits per heavy atom. The standard InChI is InChI=1S/2C8H8O4/c2*1-12-5-2-3-6(8(10)11)7(9)4-5/h2*2-4,9H,1H3,(H,10,11). The molecule has 128 valence electrons. The molecular formula is C16H16O8. The van der Waals surface area contributed by atoms with Gasteiger partial charge < -0.3 is 29.9 Å². The predicted octanol–water partition coefficient (Wildman–Crippen LogP) is 2.20. The number of aromatic hydroxyl groups is 2. The van der Waals surface area contributed by atoms with Crippen LogP contribution in [0.15, 0.2) is 36.4 Å². The van der Waals surface area contributed by atoms with E-state index in [1.807, 2.05) is 0 Å². The number of aromatic carboxylic acids is 2. The number of carboxylic acid groups (broad SMARTS) is 2. The highest BCUT2D eigenvalue weighted by molar-refractivity contribution is 5.91. The minimum atomic E-state index is -1.16. The van der Waals surface area contributed by atoms with Crippen molar-refractivity contribution in [2.24, 2.45) is 0 Å². The first kappa shape index (κ1) is 18.6. The third-order valence-electron chi connectivity index (χ3n) is 2.87. The van der Waals surface area contributed by atoms with Crippen LogP contribution >= 0.6 is 0 Å². The van der Waals surface area contributed by atoms with E-state index in [2.05, 4.69) is 0 Å². The van der Waals surface area contributed by atoms with Crippen molar-refractivity contribution in [3.63, 3.8) is 0 Å². The number of hydrogen-bond donors (Lipinski definition) is 4. The van der Waals surface area contributed by atoms with E-state index in [-0.39, 0.29) is 22.6 Å². The maximum Gasteiger partial charge on any atom is 0.339 e. The number of benzene rings is 2. The van der Waals surface area contributed by atoms with Crippen molar-refractivity contribution in [1.82, 2.24) is 0 Å². The Bertz CT molecular complexity index is 675. The predicted molar refractivity (Wildman–Crippen MR) is 83.2 cm³/mol. The molecule has 8 nitrogen and oxygen atoms in total. The fourth-order valence-electron chi connectivity index (χ4n) is 1.64. The molecular weight excluding hydrogens is 320 g/mol. The van der Waals surface area contributed by atoms with Gasteiger partial charge in [-0.3, -0.25) is 0 Å². The molecule has 0 aliphatic carbocycles. The molecule has 0 aromatic heterocycles. The Hall–Kier alpha value is -3.42. The van der Waals surface area contributed by atoms with E-state index in [1.165, 1.54) is 50.6 Å². The lowest BCUT2D eigenvalue weighted by molar-refractivity contribution is 0.0682. The Balaban J connectivity index is 0.000000240. The Kier molecular flexibility index (Phi) is 6.42. The molecule has 0 bridgehead atoms. The van der Waals surface area contributed by atoms with Crippen LogP contribution in [0.5, 0.6) is 23.0 Å². The normalized spacial score (nSPS) is 9.42. The number of phenols is 2. The number of rotatable bonds is 4. The topological polar surface area (TPSA) is 134 Å². The van der Waals surface area contributed by atoms with Gasteiger partial charge in [-0.1, -0.05) is 0 Å². The van der Waals surface area contributed by atoms with Crippen molar-refractivity contribution < 1.29 is 39.5 Å². The number of carboxylic acids is 2. The molecule has 0 heterocycles. The Morgan fingerprint density at radius 2 is 1.08 bits per heavy atom. The van der Waals surface area contributed by atoms with Gasteiger partial charge in [0.1, 0.15) is 34.1 Å². The summed E-state index contributed by atoms with van der Waals surface area (Å²) in [6, 6.07) is 8.03. The van der Waals surface area contributed by atoms with Crippen LogP contribution in [-0.4, -0.2) is 46.6 Å². The average Bonchev–Trinajstić information content (AvgIpc) is 2.54. The lowest BCUT2D eigenvalue weighted by Crippen LogP contribution is -1.96. The summed E-state index contributed by atoms with van der Waals surface area (Å²) in [7, 11) is 2.88. The molecule has 0 aliphatic heterocycles. The van der Waals surface area contributed by atoms with Gasteiger partial charge in [0.15, 0.2) is 0 Å². The fraction of sp³-hybridized carbons (Fsp3) is 0.125. The summed E-state index contributed by atoms with van der Waals surface area (Å²) in [4.78, 5) is 20.8. The van der Waals surface area contributed by atoms with Crippen LogP contribution < -0.4 is 9.47 Å². The first-order valence-corrected chi connectivity index (χ1v) is 6.50. The molecule has 0 saturated carbocycles. The van der Waals surface area contributed by atoms with E-state index in [0.717, 1.165) is 0 Å². The number of ether oxygens (including phenoxy) is 2. The highest BCUT2D eigenvalue weighted by atomic mass is 16.5. The Morgan fingerprint density at radius 3 is 1.29 bits per heavy atom. The minimum absolute atomic E-state index is 0.129. The van der Waals surface area contributed by atoms with Crippen LogP contribution in [0.3, 0.4) is 0 Å². The van der Waals surface area contributed by atoms with Crippen molar-refractivity contribution >= 4 is 11.9 Å². The van der Waals surface area contributed by atoms with E-state index in [4.69, 9.17) is 29.9 Å². The zero-order valence-corrected chi connectivity index (χ0v) is 12.9. The minimum Gasteiger partial charge on any atom is -0.507 e. The maximum atomic E-state index is 10.4. The number of carbonyl (C=O) groups is 2. The van der Waals surface area contributed by atoms with Crippen molar-refractivity contribution in [3.8, 4) is 23.0 Å². The molecule has 2 aromatic rings. The van der Waals surface area contributed by atoms with Gasteiger partial charge in [-0.25, -0.2) is 9.59 Å². The van der Waals surface area contributed by atoms with Gasteiger partial charge in [0.25, 0.3) is 0 Å². The highest BCUT2D eigenvalue weighted by Crippen LogP contribution is 2.23. The second kappa shape index (κ2) is 8.28. The Labute approximate surface area is 137 Å². The summed E-state index contributed by atoms with van der Waals surface area (Å²) >= 11 is 0. The van der Waals surface area contributed by atoms with Crippen LogP contribution in [0.2, 0.25) is 0 Å². The van der Waals surface area contributed by atoms with Crippen LogP contribution in [0, 0.1) is 0 Å². The average molecular weight is 336 g/mol. The summed E-state index contributed by atoms with van der Waals surface area (Å²) in [5.41, 5.74) is -0.258. The largest absolute Gasteiger partial charge is 0.507 e. The van der Waals surface area contributed by atoms with Crippen LogP contribution in [0.4, 0.5) is 0 Å². The second-order valence-electron chi connectivity index (χ2n) is 4.38. The summed E-state index contributed by atoms with van der Waals surface area (Å²) in [6.07, 6.45) is 0. The van der Waals surface area contributed by atoms with Gasteiger partial charge in [-0.05, 0) is 24.3 Å². The molecule has 24 heavy (non-hydrogen) atoms. The van der Waals surface area contributed by atoms with Crippen molar-refractivity contribution in [1.29, 1.82) is 0 Å². The van der Waals surface area contributed by atoms with Crippen molar-refractivity contribution in [2.45, 2.75) is 0 Å². The molecule has 4 N–H and O–H groups in total. The van der Waals surface area contributed by atoms with Crippen LogP contribution in [0.1, 0.15) is 20.7 Å². The first-order valence-electron chi connectivity index (χ1n) is 6.50. The van der Waals surface area contributed by atoms with Gasteiger partial charge in [0.05, 0.1) is 14.2 Å². The first-order chi connectivity index (χ1) is 11.3. The number of methoxy groups -OCH3 is 2. The molecule has 8 heteroatoms. The molecule has 2 aromatic carbocycles. The van der Waals surface area contributed by atoms with Crippen LogP contribution in [-0.2, 0) is 0 Å². The molecule has 0 aliphatic rings. The molecule has 0 unspecified atom stereocenters. The van der Waals surface area contributed by atoms with E-state index in [1.54, 1.807) is 0 Å². The molecule has 0 atom stereocenters. The molecule has 0 amide bonds. The lowest BCUT2D eigenvalue weighted by atomic mass is 10.2. The maximum absolute atomic E-state index is 10.4. The zero-order chi connectivity index (χ0) is 18.3. The van der Waals surface area contributed by atoms with Crippen LogP contribution in [0.25, 0.3) is 0 Å². The van der Waals surface area contributed by atoms with E-state index < -0.39 is 11.9 Å². The van der Waals surface area contributed by atoms with E-state index in [0.29, 0.717) is 11.5 Å². The molecule has 0 spiro atoms. The van der Waals surface area contributed by atoms with Gasteiger partial charge in [-0.15, -0.1) is 0 Å².